The van der Waals surface area contributed by atoms with E-state index >= 15 is 0 Å². The summed E-state index contributed by atoms with van der Waals surface area (Å²) < 4.78 is 6.12. The van der Waals surface area contributed by atoms with E-state index in [1.165, 1.54) is 51.4 Å². The van der Waals surface area contributed by atoms with E-state index in [1.54, 1.807) is 0 Å². The largest absolute Gasteiger partial charge is 0.377 e. The van der Waals surface area contributed by atoms with Crippen LogP contribution in [0.3, 0.4) is 0 Å². The molecule has 0 aliphatic heterocycles. The lowest BCUT2D eigenvalue weighted by Gasteiger charge is -2.45. The summed E-state index contributed by atoms with van der Waals surface area (Å²) in [6, 6.07) is 0.570. The Morgan fingerprint density at radius 1 is 1.10 bits per heavy atom. The van der Waals surface area contributed by atoms with Gasteiger partial charge in [0.15, 0.2) is 0 Å². The van der Waals surface area contributed by atoms with Gasteiger partial charge in [0.05, 0.1) is 5.60 Å². The normalized spacial score (nSPS) is 35.1. The van der Waals surface area contributed by atoms with Gasteiger partial charge in [0.1, 0.15) is 0 Å². The van der Waals surface area contributed by atoms with E-state index in [0.717, 1.165) is 24.3 Å². The molecule has 0 bridgehead atoms. The average Bonchev–Trinajstić information content (AvgIpc) is 2.88. The lowest BCUT2D eigenvalue weighted by Crippen LogP contribution is -2.56. The van der Waals surface area contributed by atoms with Crippen molar-refractivity contribution in [2.45, 2.75) is 83.8 Å². The maximum absolute atomic E-state index is 6.12. The maximum atomic E-state index is 6.12. The van der Waals surface area contributed by atoms with Gasteiger partial charge in [0.25, 0.3) is 0 Å². The second kappa shape index (κ2) is 7.26. The van der Waals surface area contributed by atoms with E-state index in [9.17, 15) is 0 Å². The zero-order valence-corrected chi connectivity index (χ0v) is 14.1. The molecule has 0 amide bonds. The smallest absolute Gasteiger partial charge is 0.0833 e. The highest BCUT2D eigenvalue weighted by molar-refractivity contribution is 5.01. The van der Waals surface area contributed by atoms with Crippen LogP contribution >= 0.6 is 0 Å². The van der Waals surface area contributed by atoms with Crippen LogP contribution in [0.25, 0.3) is 0 Å². The van der Waals surface area contributed by atoms with Crippen LogP contribution in [0.15, 0.2) is 0 Å². The first-order chi connectivity index (χ1) is 9.61. The third-order valence-electron chi connectivity index (χ3n) is 5.72. The van der Waals surface area contributed by atoms with E-state index in [4.69, 9.17) is 4.74 Å². The molecule has 0 spiro atoms. The highest BCUT2D eigenvalue weighted by atomic mass is 16.5. The fourth-order valence-electron chi connectivity index (χ4n) is 4.98. The molecule has 0 heterocycles. The van der Waals surface area contributed by atoms with Gasteiger partial charge in [-0.2, -0.15) is 0 Å². The molecule has 2 rings (SSSR count). The molecule has 0 aromatic rings. The minimum absolute atomic E-state index is 0.122. The molecule has 3 atom stereocenters. The fraction of sp³-hybridized carbons (Fsp3) is 1.00. The molecule has 118 valence electrons. The zero-order valence-electron chi connectivity index (χ0n) is 14.1. The first-order valence-electron chi connectivity index (χ1n) is 8.90. The molecular formula is C18H35NO. The minimum atomic E-state index is 0.122. The Kier molecular flexibility index (Phi) is 5.92. The summed E-state index contributed by atoms with van der Waals surface area (Å²) in [5, 5.41) is 3.89. The molecule has 0 saturated heterocycles. The van der Waals surface area contributed by atoms with Crippen LogP contribution in [0, 0.1) is 17.8 Å². The highest BCUT2D eigenvalue weighted by Crippen LogP contribution is 2.44. The van der Waals surface area contributed by atoms with Gasteiger partial charge in [-0.25, -0.2) is 0 Å². The standard InChI is InChI=1S/C18H35NO/c1-5-10-19-17(18(20-4)8-6-7-9-18)16-12-14(2)11-15(3)13-16/h14-17,19H,5-13H2,1-4H3. The molecule has 3 unspecified atom stereocenters. The summed E-state index contributed by atoms with van der Waals surface area (Å²) in [6.07, 6.45) is 10.6. The van der Waals surface area contributed by atoms with Crippen LogP contribution < -0.4 is 5.32 Å². The lowest BCUT2D eigenvalue weighted by atomic mass is 9.69. The Hall–Kier alpha value is -0.0800. The molecule has 0 aromatic carbocycles. The van der Waals surface area contributed by atoms with Crippen molar-refractivity contribution in [2.24, 2.45) is 17.8 Å². The summed E-state index contributed by atoms with van der Waals surface area (Å²) in [5.74, 6) is 2.56. The maximum Gasteiger partial charge on any atom is 0.0833 e. The molecule has 2 fully saturated rings. The van der Waals surface area contributed by atoms with Gasteiger partial charge >= 0.3 is 0 Å². The number of hydrogen-bond donors (Lipinski definition) is 1. The van der Waals surface area contributed by atoms with Crippen LogP contribution in [0.2, 0.25) is 0 Å². The van der Waals surface area contributed by atoms with Crippen molar-refractivity contribution < 1.29 is 4.74 Å². The zero-order chi connectivity index (χ0) is 14.6. The van der Waals surface area contributed by atoms with Crippen molar-refractivity contribution in [1.82, 2.24) is 5.32 Å². The molecule has 20 heavy (non-hydrogen) atoms. The van der Waals surface area contributed by atoms with Crippen molar-refractivity contribution in [3.8, 4) is 0 Å². The van der Waals surface area contributed by atoms with Crippen LogP contribution in [-0.4, -0.2) is 25.3 Å². The predicted octanol–water partition coefficient (Wildman–Crippen LogP) is 4.39. The van der Waals surface area contributed by atoms with Crippen molar-refractivity contribution in [3.05, 3.63) is 0 Å². The minimum Gasteiger partial charge on any atom is -0.377 e. The van der Waals surface area contributed by atoms with Crippen LogP contribution in [0.5, 0.6) is 0 Å². The number of nitrogens with one attached hydrogen (secondary N) is 1. The van der Waals surface area contributed by atoms with Crippen molar-refractivity contribution in [3.63, 3.8) is 0 Å². The Labute approximate surface area is 126 Å². The number of rotatable bonds is 6. The van der Waals surface area contributed by atoms with Gasteiger partial charge in [-0.3, -0.25) is 0 Å². The number of methoxy groups -OCH3 is 1. The Morgan fingerprint density at radius 3 is 2.20 bits per heavy atom. The molecule has 2 saturated carbocycles. The predicted molar refractivity (Wildman–Crippen MR) is 86.0 cm³/mol. The average molecular weight is 281 g/mol. The number of ether oxygens (including phenoxy) is 1. The second-order valence-corrected chi connectivity index (χ2v) is 7.59. The van der Waals surface area contributed by atoms with Crippen molar-refractivity contribution in [2.75, 3.05) is 13.7 Å². The van der Waals surface area contributed by atoms with Gasteiger partial charge in [-0.05, 0) is 62.8 Å². The van der Waals surface area contributed by atoms with E-state index in [-0.39, 0.29) is 5.60 Å². The molecule has 1 N–H and O–H groups in total. The first kappa shape index (κ1) is 16.3. The third kappa shape index (κ3) is 3.57. The van der Waals surface area contributed by atoms with Crippen LogP contribution in [-0.2, 0) is 4.74 Å². The van der Waals surface area contributed by atoms with Gasteiger partial charge < -0.3 is 10.1 Å². The summed E-state index contributed by atoms with van der Waals surface area (Å²) in [5.41, 5.74) is 0.122. The highest BCUT2D eigenvalue weighted by Gasteiger charge is 2.46. The molecule has 2 aliphatic rings. The third-order valence-corrected chi connectivity index (χ3v) is 5.72. The van der Waals surface area contributed by atoms with E-state index < -0.39 is 0 Å². The SMILES string of the molecule is CCCNC(C1CC(C)CC(C)C1)C1(OC)CCCC1. The van der Waals surface area contributed by atoms with Crippen molar-refractivity contribution in [1.29, 1.82) is 0 Å². The molecule has 2 nitrogen and oxygen atoms in total. The summed E-state index contributed by atoms with van der Waals surface area (Å²) in [4.78, 5) is 0. The summed E-state index contributed by atoms with van der Waals surface area (Å²) >= 11 is 0. The van der Waals surface area contributed by atoms with Gasteiger partial charge in [0, 0.05) is 13.2 Å². The van der Waals surface area contributed by atoms with Crippen molar-refractivity contribution >= 4 is 0 Å². The Balaban J connectivity index is 2.13. The summed E-state index contributed by atoms with van der Waals surface area (Å²) in [6.45, 7) is 8.28. The van der Waals surface area contributed by atoms with Gasteiger partial charge in [0.2, 0.25) is 0 Å². The van der Waals surface area contributed by atoms with Crippen LogP contribution in [0.1, 0.15) is 72.1 Å². The topological polar surface area (TPSA) is 21.3 Å². The molecule has 2 aliphatic carbocycles. The van der Waals surface area contributed by atoms with Gasteiger partial charge in [-0.15, -0.1) is 0 Å². The van der Waals surface area contributed by atoms with E-state index in [0.29, 0.717) is 6.04 Å². The summed E-state index contributed by atoms with van der Waals surface area (Å²) in [7, 11) is 1.95. The number of hydrogen-bond acceptors (Lipinski definition) is 2. The second-order valence-electron chi connectivity index (χ2n) is 7.59. The van der Waals surface area contributed by atoms with Crippen LogP contribution in [0.4, 0.5) is 0 Å². The molecule has 0 aromatic heterocycles. The molecule has 2 heteroatoms. The van der Waals surface area contributed by atoms with E-state index in [2.05, 4.69) is 26.1 Å². The van der Waals surface area contributed by atoms with Gasteiger partial charge in [-0.1, -0.05) is 33.6 Å². The lowest BCUT2D eigenvalue weighted by molar-refractivity contribution is -0.0614. The molecular weight excluding hydrogens is 246 g/mol. The monoisotopic (exact) mass is 281 g/mol. The fourth-order valence-corrected chi connectivity index (χ4v) is 4.98. The Morgan fingerprint density at radius 2 is 1.70 bits per heavy atom. The quantitative estimate of drug-likeness (QED) is 0.780. The molecule has 0 radical (unpaired) electrons. The van der Waals surface area contributed by atoms with E-state index in [1.807, 2.05) is 7.11 Å². The Bertz CT molecular complexity index is 275. The first-order valence-corrected chi connectivity index (χ1v) is 8.90.